The fourth-order valence-electron chi connectivity index (χ4n) is 1.66. The standard InChI is InChI=1S/C13H12FN3O2/c1-2-17(11-6-4-3-5-10(11)14)13-15-7-9(8-16-13)12(18)19/h3-8H,2H2,1H3,(H,18,19). The lowest BCUT2D eigenvalue weighted by Gasteiger charge is -2.21. The summed E-state index contributed by atoms with van der Waals surface area (Å²) in [6.07, 6.45) is 2.41. The first-order valence-electron chi connectivity index (χ1n) is 5.71. The van der Waals surface area contributed by atoms with Gasteiger partial charge >= 0.3 is 5.97 Å². The van der Waals surface area contributed by atoms with Gasteiger partial charge in [-0.25, -0.2) is 19.2 Å². The van der Waals surface area contributed by atoms with E-state index in [9.17, 15) is 9.18 Å². The zero-order chi connectivity index (χ0) is 13.8. The molecule has 0 radical (unpaired) electrons. The van der Waals surface area contributed by atoms with Crippen molar-refractivity contribution < 1.29 is 14.3 Å². The van der Waals surface area contributed by atoms with Crippen molar-refractivity contribution in [2.75, 3.05) is 11.4 Å². The van der Waals surface area contributed by atoms with Crippen molar-refractivity contribution in [1.29, 1.82) is 0 Å². The minimum Gasteiger partial charge on any atom is -0.478 e. The molecule has 0 aliphatic rings. The van der Waals surface area contributed by atoms with Gasteiger partial charge in [0, 0.05) is 18.9 Å². The van der Waals surface area contributed by atoms with Crippen LogP contribution in [0.4, 0.5) is 16.0 Å². The SMILES string of the molecule is CCN(c1ncc(C(=O)O)cn1)c1ccccc1F. The Kier molecular flexibility index (Phi) is 3.70. The second kappa shape index (κ2) is 5.43. The molecule has 6 heteroatoms. The fourth-order valence-corrected chi connectivity index (χ4v) is 1.66. The fraction of sp³-hybridized carbons (Fsp3) is 0.154. The molecule has 1 heterocycles. The average Bonchev–Trinajstić information content (AvgIpc) is 2.42. The number of carboxylic acids is 1. The predicted octanol–water partition coefficient (Wildman–Crippen LogP) is 2.47. The minimum absolute atomic E-state index is 0.00617. The van der Waals surface area contributed by atoms with Gasteiger partial charge in [-0.1, -0.05) is 12.1 Å². The van der Waals surface area contributed by atoms with E-state index in [2.05, 4.69) is 9.97 Å². The van der Waals surface area contributed by atoms with Gasteiger partial charge in [-0.15, -0.1) is 0 Å². The molecule has 1 aromatic heterocycles. The lowest BCUT2D eigenvalue weighted by atomic mass is 10.3. The number of carbonyl (C=O) groups is 1. The van der Waals surface area contributed by atoms with Gasteiger partial charge in [0.2, 0.25) is 5.95 Å². The smallest absolute Gasteiger partial charge is 0.338 e. The lowest BCUT2D eigenvalue weighted by molar-refractivity contribution is 0.0696. The molecule has 1 N–H and O–H groups in total. The summed E-state index contributed by atoms with van der Waals surface area (Å²) >= 11 is 0. The van der Waals surface area contributed by atoms with Gasteiger partial charge in [0.1, 0.15) is 5.82 Å². The minimum atomic E-state index is -1.10. The molecule has 0 atom stereocenters. The molecule has 98 valence electrons. The second-order valence-corrected chi connectivity index (χ2v) is 3.77. The highest BCUT2D eigenvalue weighted by Crippen LogP contribution is 2.24. The third-order valence-corrected chi connectivity index (χ3v) is 2.59. The Hall–Kier alpha value is -2.50. The van der Waals surface area contributed by atoms with Crippen LogP contribution in [0.1, 0.15) is 17.3 Å². The highest BCUT2D eigenvalue weighted by molar-refractivity contribution is 5.86. The molecule has 0 fully saturated rings. The average molecular weight is 261 g/mol. The molecule has 0 amide bonds. The Bertz CT molecular complexity index is 587. The van der Waals surface area contributed by atoms with E-state index < -0.39 is 5.97 Å². The first kappa shape index (κ1) is 12.9. The molecule has 0 aliphatic carbocycles. The van der Waals surface area contributed by atoms with E-state index in [0.29, 0.717) is 12.2 Å². The molecule has 1 aromatic carbocycles. The summed E-state index contributed by atoms with van der Waals surface area (Å²) in [6.45, 7) is 2.30. The Labute approximate surface area is 109 Å². The maximum atomic E-state index is 13.7. The Morgan fingerprint density at radius 3 is 2.47 bits per heavy atom. The molecule has 0 bridgehead atoms. The Morgan fingerprint density at radius 1 is 1.32 bits per heavy atom. The number of para-hydroxylation sites is 1. The van der Waals surface area contributed by atoms with Crippen LogP contribution in [0, 0.1) is 5.82 Å². The summed E-state index contributed by atoms with van der Waals surface area (Å²) in [5, 5.41) is 8.78. The number of aromatic nitrogens is 2. The van der Waals surface area contributed by atoms with Crippen molar-refractivity contribution in [2.24, 2.45) is 0 Å². The normalized spacial score (nSPS) is 10.2. The Morgan fingerprint density at radius 2 is 1.95 bits per heavy atom. The first-order valence-corrected chi connectivity index (χ1v) is 5.71. The van der Waals surface area contributed by atoms with Crippen molar-refractivity contribution in [3.63, 3.8) is 0 Å². The van der Waals surface area contributed by atoms with Gasteiger partial charge in [0.15, 0.2) is 0 Å². The van der Waals surface area contributed by atoms with Crippen molar-refractivity contribution in [3.8, 4) is 0 Å². The quantitative estimate of drug-likeness (QED) is 0.915. The van der Waals surface area contributed by atoms with Gasteiger partial charge in [-0.3, -0.25) is 0 Å². The predicted molar refractivity (Wildman–Crippen MR) is 68.1 cm³/mol. The molecule has 0 saturated carbocycles. The van der Waals surface area contributed by atoms with Gasteiger partial charge < -0.3 is 10.0 Å². The van der Waals surface area contributed by atoms with Gasteiger partial charge in [-0.05, 0) is 19.1 Å². The lowest BCUT2D eigenvalue weighted by Crippen LogP contribution is -2.20. The highest BCUT2D eigenvalue weighted by Gasteiger charge is 2.14. The summed E-state index contributed by atoms with van der Waals surface area (Å²) in [5.74, 6) is -1.21. The third-order valence-electron chi connectivity index (χ3n) is 2.59. The summed E-state index contributed by atoms with van der Waals surface area (Å²) < 4.78 is 13.7. The number of halogens is 1. The number of benzene rings is 1. The van der Waals surface area contributed by atoms with Crippen LogP contribution in [0.5, 0.6) is 0 Å². The van der Waals surface area contributed by atoms with Crippen molar-refractivity contribution in [2.45, 2.75) is 6.92 Å². The number of hydrogen-bond donors (Lipinski definition) is 1. The third kappa shape index (κ3) is 2.67. The van der Waals surface area contributed by atoms with Gasteiger partial charge in [0.25, 0.3) is 0 Å². The molecule has 0 spiro atoms. The van der Waals surface area contributed by atoms with Gasteiger partial charge in [0.05, 0.1) is 11.3 Å². The van der Waals surface area contributed by atoms with Crippen LogP contribution in [-0.2, 0) is 0 Å². The van der Waals surface area contributed by atoms with E-state index in [1.54, 1.807) is 23.1 Å². The molecule has 2 aromatic rings. The number of aromatic carboxylic acids is 1. The van der Waals surface area contributed by atoms with E-state index in [0.717, 1.165) is 0 Å². The van der Waals surface area contributed by atoms with Crippen LogP contribution >= 0.6 is 0 Å². The second-order valence-electron chi connectivity index (χ2n) is 3.77. The summed E-state index contributed by atoms with van der Waals surface area (Å²) in [7, 11) is 0. The summed E-state index contributed by atoms with van der Waals surface area (Å²) in [6, 6.07) is 6.28. The summed E-state index contributed by atoms with van der Waals surface area (Å²) in [4.78, 5) is 20.2. The van der Waals surface area contributed by atoms with E-state index in [4.69, 9.17) is 5.11 Å². The largest absolute Gasteiger partial charge is 0.478 e. The van der Waals surface area contributed by atoms with E-state index >= 15 is 0 Å². The number of nitrogens with zero attached hydrogens (tertiary/aromatic N) is 3. The van der Waals surface area contributed by atoms with Crippen LogP contribution in [0.25, 0.3) is 0 Å². The van der Waals surface area contributed by atoms with Crippen LogP contribution < -0.4 is 4.90 Å². The maximum absolute atomic E-state index is 13.7. The van der Waals surface area contributed by atoms with Crippen molar-refractivity contribution >= 4 is 17.6 Å². The van der Waals surface area contributed by atoms with E-state index in [-0.39, 0.29) is 17.3 Å². The molecule has 2 rings (SSSR count). The van der Waals surface area contributed by atoms with Gasteiger partial charge in [-0.2, -0.15) is 0 Å². The maximum Gasteiger partial charge on any atom is 0.338 e. The van der Waals surface area contributed by atoms with E-state index in [1.165, 1.54) is 18.5 Å². The molecule has 19 heavy (non-hydrogen) atoms. The monoisotopic (exact) mass is 261 g/mol. The van der Waals surface area contributed by atoms with Crippen LogP contribution in [-0.4, -0.2) is 27.6 Å². The topological polar surface area (TPSA) is 66.3 Å². The molecular weight excluding hydrogens is 249 g/mol. The zero-order valence-electron chi connectivity index (χ0n) is 10.2. The van der Waals surface area contributed by atoms with Crippen LogP contribution in [0.15, 0.2) is 36.7 Å². The number of anilines is 2. The zero-order valence-corrected chi connectivity index (χ0v) is 10.2. The van der Waals surface area contributed by atoms with Crippen LogP contribution in [0.3, 0.4) is 0 Å². The number of hydrogen-bond acceptors (Lipinski definition) is 4. The molecule has 0 unspecified atom stereocenters. The van der Waals surface area contributed by atoms with Crippen molar-refractivity contribution in [1.82, 2.24) is 9.97 Å². The molecule has 0 saturated heterocycles. The number of carboxylic acid groups (broad SMARTS) is 1. The summed E-state index contributed by atoms with van der Waals surface area (Å²) in [5.41, 5.74) is 0.349. The highest BCUT2D eigenvalue weighted by atomic mass is 19.1. The molecule has 5 nitrogen and oxygen atoms in total. The Balaban J connectivity index is 2.37. The first-order chi connectivity index (χ1) is 9.13. The number of rotatable bonds is 4. The van der Waals surface area contributed by atoms with Crippen molar-refractivity contribution in [3.05, 3.63) is 48.0 Å². The molecule has 0 aliphatic heterocycles. The molecular formula is C13H12FN3O2. The van der Waals surface area contributed by atoms with E-state index in [1.807, 2.05) is 6.92 Å². The van der Waals surface area contributed by atoms with Crippen LogP contribution in [0.2, 0.25) is 0 Å².